The van der Waals surface area contributed by atoms with Crippen LogP contribution in [0.4, 0.5) is 0 Å². The predicted octanol–water partition coefficient (Wildman–Crippen LogP) is 3.90. The van der Waals surface area contributed by atoms with Crippen LogP contribution in [0.5, 0.6) is 11.6 Å². The van der Waals surface area contributed by atoms with Gasteiger partial charge in [-0.1, -0.05) is 35.3 Å². The van der Waals surface area contributed by atoms with E-state index in [1.807, 2.05) is 19.2 Å². The Balaban J connectivity index is 2.31. The average molecular weight is 283 g/mol. The van der Waals surface area contributed by atoms with Crippen molar-refractivity contribution >= 4 is 23.2 Å². The Morgan fingerprint density at radius 1 is 1.22 bits per heavy atom. The summed E-state index contributed by atoms with van der Waals surface area (Å²) in [5, 5.41) is 3.90. The highest BCUT2D eigenvalue weighted by Gasteiger charge is 2.10. The summed E-state index contributed by atoms with van der Waals surface area (Å²) in [4.78, 5) is 4.20. The van der Waals surface area contributed by atoms with E-state index in [0.29, 0.717) is 28.2 Å². The number of nitrogens with one attached hydrogen (secondary N) is 1. The summed E-state index contributed by atoms with van der Waals surface area (Å²) in [5.41, 5.74) is 0.955. The molecule has 2 aromatic rings. The van der Waals surface area contributed by atoms with Crippen molar-refractivity contribution in [3.63, 3.8) is 0 Å². The number of rotatable bonds is 4. The molecule has 1 N–H and O–H groups in total. The van der Waals surface area contributed by atoms with E-state index in [9.17, 15) is 0 Å². The summed E-state index contributed by atoms with van der Waals surface area (Å²) in [6.45, 7) is 0.668. The molecular formula is C13H12Cl2N2O. The fourth-order valence-electron chi connectivity index (χ4n) is 1.51. The van der Waals surface area contributed by atoms with Crippen LogP contribution in [0.25, 0.3) is 0 Å². The van der Waals surface area contributed by atoms with Gasteiger partial charge in [-0.2, -0.15) is 0 Å². The molecule has 1 aromatic carbocycles. The van der Waals surface area contributed by atoms with Gasteiger partial charge in [0.15, 0.2) is 0 Å². The molecule has 18 heavy (non-hydrogen) atoms. The molecule has 0 saturated heterocycles. The molecule has 2 rings (SSSR count). The highest BCUT2D eigenvalue weighted by atomic mass is 35.5. The summed E-state index contributed by atoms with van der Waals surface area (Å²) < 4.78 is 5.71. The van der Waals surface area contributed by atoms with Gasteiger partial charge in [0.2, 0.25) is 5.88 Å². The van der Waals surface area contributed by atoms with Crippen LogP contribution in [-0.2, 0) is 6.54 Å². The smallest absolute Gasteiger partial charge is 0.223 e. The lowest BCUT2D eigenvalue weighted by Gasteiger charge is -2.11. The molecule has 3 nitrogen and oxygen atoms in total. The van der Waals surface area contributed by atoms with Crippen molar-refractivity contribution < 1.29 is 4.74 Å². The van der Waals surface area contributed by atoms with Crippen molar-refractivity contribution in [2.75, 3.05) is 7.05 Å². The third kappa shape index (κ3) is 2.93. The van der Waals surface area contributed by atoms with Gasteiger partial charge < -0.3 is 10.1 Å². The van der Waals surface area contributed by atoms with E-state index >= 15 is 0 Å². The minimum Gasteiger partial charge on any atom is -0.437 e. The summed E-state index contributed by atoms with van der Waals surface area (Å²) in [7, 11) is 1.86. The maximum absolute atomic E-state index is 6.07. The third-order valence-corrected chi connectivity index (χ3v) is 3.14. The molecule has 0 radical (unpaired) electrons. The zero-order chi connectivity index (χ0) is 13.0. The van der Waals surface area contributed by atoms with Gasteiger partial charge in [0.1, 0.15) is 10.8 Å². The highest BCUT2D eigenvalue weighted by molar-refractivity contribution is 6.42. The monoisotopic (exact) mass is 282 g/mol. The van der Waals surface area contributed by atoms with Crippen LogP contribution in [0, 0.1) is 0 Å². The summed E-state index contributed by atoms with van der Waals surface area (Å²) in [6.07, 6.45) is 1.67. The number of pyridine rings is 1. The summed E-state index contributed by atoms with van der Waals surface area (Å²) >= 11 is 12.0. The Morgan fingerprint density at radius 3 is 2.83 bits per heavy atom. The van der Waals surface area contributed by atoms with Crippen LogP contribution >= 0.6 is 23.2 Å². The van der Waals surface area contributed by atoms with Crippen molar-refractivity contribution in [2.24, 2.45) is 0 Å². The SMILES string of the molecule is CNCc1cccnc1Oc1cccc(Cl)c1Cl. The lowest BCUT2D eigenvalue weighted by atomic mass is 10.2. The number of aromatic nitrogens is 1. The lowest BCUT2D eigenvalue weighted by molar-refractivity contribution is 0.454. The molecule has 0 saturated carbocycles. The predicted molar refractivity (Wildman–Crippen MR) is 73.5 cm³/mol. The second-order valence-corrected chi connectivity index (χ2v) is 4.44. The first-order valence-corrected chi connectivity index (χ1v) is 6.18. The van der Waals surface area contributed by atoms with Crippen LogP contribution in [0.15, 0.2) is 36.5 Å². The Bertz CT molecular complexity index is 546. The number of ether oxygens (including phenoxy) is 1. The van der Waals surface area contributed by atoms with Crippen molar-refractivity contribution in [3.05, 3.63) is 52.1 Å². The Kier molecular flexibility index (Phi) is 4.42. The molecular weight excluding hydrogens is 271 g/mol. The number of hydrogen-bond acceptors (Lipinski definition) is 3. The van der Waals surface area contributed by atoms with Gasteiger partial charge in [0, 0.05) is 18.3 Å². The fourth-order valence-corrected chi connectivity index (χ4v) is 1.84. The van der Waals surface area contributed by atoms with E-state index in [0.717, 1.165) is 5.56 Å². The quantitative estimate of drug-likeness (QED) is 0.924. The third-order valence-electron chi connectivity index (χ3n) is 2.34. The fraction of sp³-hybridized carbons (Fsp3) is 0.154. The van der Waals surface area contributed by atoms with Crippen LogP contribution in [0.1, 0.15) is 5.56 Å². The first kappa shape index (κ1) is 13.1. The summed E-state index contributed by atoms with van der Waals surface area (Å²) in [5.74, 6) is 1.02. The van der Waals surface area contributed by atoms with Crippen molar-refractivity contribution in [1.82, 2.24) is 10.3 Å². The molecule has 1 heterocycles. The molecule has 5 heteroatoms. The largest absolute Gasteiger partial charge is 0.437 e. The van der Waals surface area contributed by atoms with Crippen molar-refractivity contribution in [1.29, 1.82) is 0 Å². The Hall–Kier alpha value is -1.29. The maximum atomic E-state index is 6.07. The van der Waals surface area contributed by atoms with Gasteiger partial charge in [-0.3, -0.25) is 0 Å². The van der Waals surface area contributed by atoms with Gasteiger partial charge in [-0.15, -0.1) is 0 Å². The van der Waals surface area contributed by atoms with Crippen molar-refractivity contribution in [2.45, 2.75) is 6.54 Å². The van der Waals surface area contributed by atoms with E-state index in [1.54, 1.807) is 24.4 Å². The Labute approximate surface area is 116 Å². The molecule has 0 unspecified atom stereocenters. The van der Waals surface area contributed by atoms with E-state index in [1.165, 1.54) is 0 Å². The molecule has 0 aliphatic heterocycles. The minimum absolute atomic E-state index is 0.389. The standard InChI is InChI=1S/C13H12Cl2N2O/c1-16-8-9-4-3-7-17-13(9)18-11-6-2-5-10(14)12(11)15/h2-7,16H,8H2,1H3. The normalized spacial score (nSPS) is 10.4. The van der Waals surface area contributed by atoms with Gasteiger partial charge in [0.25, 0.3) is 0 Å². The second-order valence-electron chi connectivity index (χ2n) is 3.65. The zero-order valence-corrected chi connectivity index (χ0v) is 11.3. The minimum atomic E-state index is 0.389. The maximum Gasteiger partial charge on any atom is 0.223 e. The first-order valence-electron chi connectivity index (χ1n) is 5.42. The molecule has 94 valence electrons. The zero-order valence-electron chi connectivity index (χ0n) is 9.78. The molecule has 0 fully saturated rings. The molecule has 0 bridgehead atoms. The Morgan fingerprint density at radius 2 is 2.06 bits per heavy atom. The van der Waals surface area contributed by atoms with Crippen LogP contribution in [-0.4, -0.2) is 12.0 Å². The molecule has 0 spiro atoms. The average Bonchev–Trinajstić information content (AvgIpc) is 2.37. The topological polar surface area (TPSA) is 34.2 Å². The van der Waals surface area contributed by atoms with Gasteiger partial charge in [-0.25, -0.2) is 4.98 Å². The van der Waals surface area contributed by atoms with Gasteiger partial charge in [0.05, 0.1) is 5.02 Å². The van der Waals surface area contributed by atoms with E-state index < -0.39 is 0 Å². The number of halogens is 2. The number of benzene rings is 1. The van der Waals surface area contributed by atoms with Crippen LogP contribution in [0.3, 0.4) is 0 Å². The van der Waals surface area contributed by atoms with Crippen molar-refractivity contribution in [3.8, 4) is 11.6 Å². The molecule has 0 atom stereocenters. The van der Waals surface area contributed by atoms with E-state index in [-0.39, 0.29) is 0 Å². The van der Waals surface area contributed by atoms with E-state index in [4.69, 9.17) is 27.9 Å². The number of nitrogens with zero attached hydrogens (tertiary/aromatic N) is 1. The molecule has 1 aromatic heterocycles. The first-order chi connectivity index (χ1) is 8.72. The van der Waals surface area contributed by atoms with Gasteiger partial charge >= 0.3 is 0 Å². The lowest BCUT2D eigenvalue weighted by Crippen LogP contribution is -2.07. The molecule has 0 aliphatic carbocycles. The molecule has 0 amide bonds. The number of hydrogen-bond donors (Lipinski definition) is 1. The molecule has 0 aliphatic rings. The van der Waals surface area contributed by atoms with Crippen LogP contribution < -0.4 is 10.1 Å². The second kappa shape index (κ2) is 6.05. The summed E-state index contributed by atoms with van der Waals surface area (Å²) in [6, 6.07) is 9.05. The van der Waals surface area contributed by atoms with Crippen LogP contribution in [0.2, 0.25) is 10.0 Å². The van der Waals surface area contributed by atoms with E-state index in [2.05, 4.69) is 10.3 Å². The van der Waals surface area contributed by atoms with Gasteiger partial charge in [-0.05, 0) is 25.2 Å². The highest BCUT2D eigenvalue weighted by Crippen LogP contribution is 2.34.